The van der Waals surface area contributed by atoms with Crippen molar-refractivity contribution >= 4 is 59.6 Å². The van der Waals surface area contributed by atoms with Crippen LogP contribution in [0.1, 0.15) is 11.1 Å². The van der Waals surface area contributed by atoms with Crippen molar-refractivity contribution in [3.8, 4) is 17.2 Å². The number of nitrogens with zero attached hydrogens (tertiary/aromatic N) is 2. The molecule has 8 rings (SSSR count). The predicted octanol–water partition coefficient (Wildman–Crippen LogP) is 8.99. The highest BCUT2D eigenvalue weighted by Gasteiger charge is 2.20. The Morgan fingerprint density at radius 2 is 1.11 bits per heavy atom. The summed E-state index contributed by atoms with van der Waals surface area (Å²) in [5.41, 5.74) is 7.94. The third kappa shape index (κ3) is 2.49. The highest BCUT2D eigenvalue weighted by atomic mass is 14.9. The molecule has 0 fully saturated rings. The van der Waals surface area contributed by atoms with E-state index in [9.17, 15) is 5.26 Å². The first-order valence-electron chi connectivity index (χ1n) is 12.3. The van der Waals surface area contributed by atoms with Gasteiger partial charge in [0.25, 0.3) is 0 Å². The van der Waals surface area contributed by atoms with Gasteiger partial charge < -0.3 is 4.40 Å². The lowest BCUT2D eigenvalue weighted by Gasteiger charge is -2.08. The zero-order chi connectivity index (χ0) is 24.0. The van der Waals surface area contributed by atoms with Crippen LogP contribution in [0.25, 0.3) is 70.8 Å². The van der Waals surface area contributed by atoms with Crippen molar-refractivity contribution in [1.82, 2.24) is 4.40 Å². The van der Waals surface area contributed by atoms with Gasteiger partial charge in [0.05, 0.1) is 28.2 Å². The van der Waals surface area contributed by atoms with E-state index in [1.54, 1.807) is 0 Å². The lowest BCUT2D eigenvalue weighted by Crippen LogP contribution is -1.86. The topological polar surface area (TPSA) is 28.2 Å². The molecule has 6 aromatic carbocycles. The lowest BCUT2D eigenvalue weighted by atomic mass is 9.94. The van der Waals surface area contributed by atoms with Gasteiger partial charge in [0.1, 0.15) is 0 Å². The van der Waals surface area contributed by atoms with Crippen LogP contribution >= 0.6 is 0 Å². The molecule has 2 heterocycles. The molecular weight excluding hydrogens is 436 g/mol. The molecule has 8 aromatic rings. The molecule has 0 amide bonds. The van der Waals surface area contributed by atoms with E-state index in [0.717, 1.165) is 5.56 Å². The Hall–Kier alpha value is -4.87. The first-order chi connectivity index (χ1) is 17.7. The Balaban J connectivity index is 1.61. The van der Waals surface area contributed by atoms with Crippen molar-refractivity contribution < 1.29 is 0 Å². The minimum Gasteiger partial charge on any atom is -0.308 e. The van der Waals surface area contributed by atoms with Gasteiger partial charge in [-0.15, -0.1) is 0 Å². The number of nitriles is 1. The summed E-state index contributed by atoms with van der Waals surface area (Å²) in [6.07, 6.45) is 0. The quantitative estimate of drug-likeness (QED) is 0.242. The lowest BCUT2D eigenvalue weighted by molar-refractivity contribution is 1.38. The zero-order valence-corrected chi connectivity index (χ0v) is 19.7. The van der Waals surface area contributed by atoms with Crippen molar-refractivity contribution in [1.29, 1.82) is 5.26 Å². The van der Waals surface area contributed by atoms with Crippen LogP contribution in [0.15, 0.2) is 103 Å². The summed E-state index contributed by atoms with van der Waals surface area (Å²) in [5.74, 6) is 0. The van der Waals surface area contributed by atoms with E-state index in [2.05, 4.69) is 108 Å². The summed E-state index contributed by atoms with van der Waals surface area (Å²) in [5, 5.41) is 19.5. The molecule has 36 heavy (non-hydrogen) atoms. The summed E-state index contributed by atoms with van der Waals surface area (Å²) < 4.78 is 2.46. The molecule has 0 spiro atoms. The number of fused-ring (bicyclic) bond motifs is 8. The summed E-state index contributed by atoms with van der Waals surface area (Å²) in [4.78, 5) is 0. The molecule has 0 aliphatic carbocycles. The monoisotopic (exact) mass is 456 g/mol. The SMILES string of the molecule is Cc1cc(C#N)ccc1-c1cc2c3cc4ccccc4cc3n3c4cc5ccccc5cc4c(c1)c23. The summed E-state index contributed by atoms with van der Waals surface area (Å²) in [7, 11) is 0. The molecule has 0 aliphatic heterocycles. The molecule has 2 heteroatoms. The summed E-state index contributed by atoms with van der Waals surface area (Å²) >= 11 is 0. The van der Waals surface area contributed by atoms with Gasteiger partial charge in [0.15, 0.2) is 0 Å². The van der Waals surface area contributed by atoms with E-state index in [-0.39, 0.29) is 0 Å². The molecule has 166 valence electrons. The highest BCUT2D eigenvalue weighted by Crippen LogP contribution is 2.44. The number of aromatic nitrogens is 1. The van der Waals surface area contributed by atoms with Gasteiger partial charge in [-0.1, -0.05) is 54.6 Å². The van der Waals surface area contributed by atoms with Crippen LogP contribution < -0.4 is 0 Å². The van der Waals surface area contributed by atoms with Gasteiger partial charge in [0.2, 0.25) is 0 Å². The van der Waals surface area contributed by atoms with Gasteiger partial charge in [-0.25, -0.2) is 0 Å². The van der Waals surface area contributed by atoms with Gasteiger partial charge in [-0.2, -0.15) is 5.26 Å². The molecule has 0 aliphatic rings. The van der Waals surface area contributed by atoms with Crippen molar-refractivity contribution in [2.24, 2.45) is 0 Å². The van der Waals surface area contributed by atoms with Crippen LogP contribution in [0.3, 0.4) is 0 Å². The normalized spacial score (nSPS) is 12.0. The zero-order valence-electron chi connectivity index (χ0n) is 19.7. The maximum atomic E-state index is 9.37. The fourth-order valence-corrected chi connectivity index (χ4v) is 6.13. The Bertz CT molecular complexity index is 2100. The van der Waals surface area contributed by atoms with E-state index < -0.39 is 0 Å². The minimum atomic E-state index is 0.696. The largest absolute Gasteiger partial charge is 0.308 e. The van der Waals surface area contributed by atoms with Gasteiger partial charge in [-0.3, -0.25) is 0 Å². The molecule has 0 N–H and O–H groups in total. The standard InChI is InChI=1S/C34H20N2/c1-20-12-21(19-35)10-11-27(20)26-15-30-28-13-22-6-2-4-8-24(22)17-32(28)36-33-18-25-9-5-3-7-23(25)14-29(33)31(16-26)34(30)36/h2-18H,1H3. The second-order valence-electron chi connectivity index (χ2n) is 9.83. The fraction of sp³-hybridized carbons (Fsp3) is 0.0294. The Morgan fingerprint density at radius 1 is 0.583 bits per heavy atom. The smallest absolute Gasteiger partial charge is 0.0991 e. The maximum Gasteiger partial charge on any atom is 0.0991 e. The van der Waals surface area contributed by atoms with Gasteiger partial charge in [0, 0.05) is 21.5 Å². The molecule has 0 atom stereocenters. The van der Waals surface area contributed by atoms with Crippen molar-refractivity contribution in [3.05, 3.63) is 114 Å². The van der Waals surface area contributed by atoms with Crippen LogP contribution in [0.4, 0.5) is 0 Å². The second-order valence-corrected chi connectivity index (χ2v) is 9.83. The van der Waals surface area contributed by atoms with E-state index in [1.807, 2.05) is 12.1 Å². The van der Waals surface area contributed by atoms with E-state index in [1.165, 1.54) is 70.8 Å². The van der Waals surface area contributed by atoms with E-state index >= 15 is 0 Å². The molecule has 2 nitrogen and oxygen atoms in total. The van der Waals surface area contributed by atoms with Gasteiger partial charge >= 0.3 is 0 Å². The van der Waals surface area contributed by atoms with E-state index in [0.29, 0.717) is 5.56 Å². The Kier molecular flexibility index (Phi) is 3.69. The van der Waals surface area contributed by atoms with Crippen molar-refractivity contribution in [2.75, 3.05) is 0 Å². The van der Waals surface area contributed by atoms with Crippen LogP contribution in [0.2, 0.25) is 0 Å². The number of rotatable bonds is 1. The van der Waals surface area contributed by atoms with Crippen LogP contribution in [-0.4, -0.2) is 4.40 Å². The third-order valence-corrected chi connectivity index (χ3v) is 7.79. The number of benzene rings is 6. The van der Waals surface area contributed by atoms with E-state index in [4.69, 9.17) is 0 Å². The van der Waals surface area contributed by atoms with Crippen LogP contribution in [-0.2, 0) is 0 Å². The van der Waals surface area contributed by atoms with Crippen molar-refractivity contribution in [2.45, 2.75) is 6.92 Å². The molecule has 0 radical (unpaired) electrons. The van der Waals surface area contributed by atoms with Crippen molar-refractivity contribution in [3.63, 3.8) is 0 Å². The highest BCUT2D eigenvalue weighted by molar-refractivity contribution is 6.27. The molecule has 0 unspecified atom stereocenters. The van der Waals surface area contributed by atoms with Gasteiger partial charge in [-0.05, 0) is 93.7 Å². The predicted molar refractivity (Wildman–Crippen MR) is 151 cm³/mol. The molecule has 0 saturated carbocycles. The number of aryl methyl sites for hydroxylation is 1. The minimum absolute atomic E-state index is 0.696. The molecule has 0 bridgehead atoms. The number of hydrogen-bond donors (Lipinski definition) is 0. The fourth-order valence-electron chi connectivity index (χ4n) is 6.13. The average molecular weight is 457 g/mol. The third-order valence-electron chi connectivity index (χ3n) is 7.79. The molecule has 2 aromatic heterocycles. The maximum absolute atomic E-state index is 9.37. The first kappa shape index (κ1) is 19.4. The molecular formula is C34H20N2. The summed E-state index contributed by atoms with van der Waals surface area (Å²) in [6.45, 7) is 2.10. The Morgan fingerprint density at radius 3 is 1.61 bits per heavy atom. The number of hydrogen-bond acceptors (Lipinski definition) is 1. The average Bonchev–Trinajstić information content (AvgIpc) is 3.40. The summed E-state index contributed by atoms with van der Waals surface area (Å²) in [6, 6.07) is 39.5. The first-order valence-corrected chi connectivity index (χ1v) is 12.3. The van der Waals surface area contributed by atoms with Crippen LogP contribution in [0, 0.1) is 18.3 Å². The Labute approximate surface area is 207 Å². The molecule has 0 saturated heterocycles. The second kappa shape index (κ2) is 6.84. The van der Waals surface area contributed by atoms with Crippen LogP contribution in [0.5, 0.6) is 0 Å².